The van der Waals surface area contributed by atoms with Crippen molar-refractivity contribution in [3.8, 4) is 0 Å². The van der Waals surface area contributed by atoms with Gasteiger partial charge in [-0.1, -0.05) is 12.1 Å². The lowest BCUT2D eigenvalue weighted by atomic mass is 10.3. The third-order valence-electron chi connectivity index (χ3n) is 3.29. The predicted molar refractivity (Wildman–Crippen MR) is 89.1 cm³/mol. The number of aromatic nitrogens is 2. The molecule has 112 valence electrons. The monoisotopic (exact) mass is 312 g/mol. The number of nitrogens with zero attached hydrogens (tertiary/aromatic N) is 3. The molecule has 1 N–H and O–H groups in total. The van der Waals surface area contributed by atoms with Gasteiger partial charge in [-0.05, 0) is 38.1 Å². The zero-order valence-corrected chi connectivity index (χ0v) is 13.2. The summed E-state index contributed by atoms with van der Waals surface area (Å²) in [6, 6.07) is 11.8. The van der Waals surface area contributed by atoms with E-state index in [1.165, 1.54) is 4.88 Å². The second-order valence-corrected chi connectivity index (χ2v) is 6.29. The van der Waals surface area contributed by atoms with E-state index in [-0.39, 0.29) is 12.5 Å². The van der Waals surface area contributed by atoms with Crippen LogP contribution in [0.5, 0.6) is 0 Å². The molecule has 1 aromatic carbocycles. The number of thiophene rings is 1. The number of carbonyl (C=O) groups is 1. The van der Waals surface area contributed by atoms with Gasteiger partial charge < -0.3 is 4.57 Å². The standard InChI is InChI=1S/C16H16N4OS/c1-11-7-8-15(22-11)12(2)18-19-16(21)9-20-10-17-13-5-3-4-6-14(13)20/h3-8,10H,9H2,1-2H3,(H,19,21)/b18-12-. The van der Waals surface area contributed by atoms with Crippen LogP contribution in [0.15, 0.2) is 47.8 Å². The van der Waals surface area contributed by atoms with E-state index in [1.807, 2.05) is 54.8 Å². The first-order valence-corrected chi connectivity index (χ1v) is 7.75. The molecule has 0 aliphatic heterocycles. The highest BCUT2D eigenvalue weighted by atomic mass is 32.1. The van der Waals surface area contributed by atoms with Crippen LogP contribution in [0.2, 0.25) is 0 Å². The molecular formula is C16H16N4OS. The molecule has 0 spiro atoms. The molecule has 0 unspecified atom stereocenters. The van der Waals surface area contributed by atoms with Crippen LogP contribution in [-0.4, -0.2) is 21.2 Å². The van der Waals surface area contributed by atoms with E-state index >= 15 is 0 Å². The molecule has 0 aliphatic carbocycles. The Morgan fingerprint density at radius 2 is 2.14 bits per heavy atom. The highest BCUT2D eigenvalue weighted by Crippen LogP contribution is 2.15. The van der Waals surface area contributed by atoms with Crippen LogP contribution >= 0.6 is 11.3 Å². The fourth-order valence-corrected chi connectivity index (χ4v) is 2.97. The number of imidazole rings is 1. The van der Waals surface area contributed by atoms with Crippen molar-refractivity contribution in [1.82, 2.24) is 15.0 Å². The van der Waals surface area contributed by atoms with Crippen LogP contribution < -0.4 is 5.43 Å². The minimum atomic E-state index is -0.171. The van der Waals surface area contributed by atoms with E-state index in [9.17, 15) is 4.79 Å². The van der Waals surface area contributed by atoms with E-state index in [2.05, 4.69) is 15.5 Å². The van der Waals surface area contributed by atoms with Crippen molar-refractivity contribution in [2.24, 2.45) is 5.10 Å². The zero-order valence-electron chi connectivity index (χ0n) is 12.4. The number of carbonyl (C=O) groups excluding carboxylic acids is 1. The van der Waals surface area contributed by atoms with Gasteiger partial charge >= 0.3 is 0 Å². The first-order chi connectivity index (χ1) is 10.6. The summed E-state index contributed by atoms with van der Waals surface area (Å²) in [4.78, 5) is 18.6. The first-order valence-electron chi connectivity index (χ1n) is 6.93. The van der Waals surface area contributed by atoms with Gasteiger partial charge in [0.15, 0.2) is 0 Å². The third kappa shape index (κ3) is 3.07. The summed E-state index contributed by atoms with van der Waals surface area (Å²) in [6.07, 6.45) is 1.67. The van der Waals surface area contributed by atoms with E-state index in [4.69, 9.17) is 0 Å². The number of rotatable bonds is 4. The highest BCUT2D eigenvalue weighted by Gasteiger charge is 2.07. The second-order valence-electron chi connectivity index (χ2n) is 5.00. The summed E-state index contributed by atoms with van der Waals surface area (Å²) in [7, 11) is 0. The Hall–Kier alpha value is -2.47. The second kappa shape index (κ2) is 6.11. The molecular weight excluding hydrogens is 296 g/mol. The van der Waals surface area contributed by atoms with E-state index in [1.54, 1.807) is 17.7 Å². The van der Waals surface area contributed by atoms with Crippen LogP contribution in [-0.2, 0) is 11.3 Å². The molecule has 6 heteroatoms. The first kappa shape index (κ1) is 14.5. The van der Waals surface area contributed by atoms with Crippen molar-refractivity contribution in [3.05, 3.63) is 52.5 Å². The largest absolute Gasteiger partial charge is 0.321 e. The third-order valence-corrected chi connectivity index (χ3v) is 4.40. The van der Waals surface area contributed by atoms with Gasteiger partial charge in [-0.2, -0.15) is 5.10 Å². The van der Waals surface area contributed by atoms with Gasteiger partial charge in [0.2, 0.25) is 0 Å². The summed E-state index contributed by atoms with van der Waals surface area (Å²) >= 11 is 1.66. The number of benzene rings is 1. The number of fused-ring (bicyclic) bond motifs is 1. The maximum absolute atomic E-state index is 12.0. The SMILES string of the molecule is C/C(=N/NC(=O)Cn1cnc2ccccc21)c1ccc(C)s1. The lowest BCUT2D eigenvalue weighted by Crippen LogP contribution is -2.23. The molecule has 5 nitrogen and oxygen atoms in total. The molecule has 22 heavy (non-hydrogen) atoms. The highest BCUT2D eigenvalue weighted by molar-refractivity contribution is 7.14. The van der Waals surface area contributed by atoms with Gasteiger partial charge in [0.05, 0.1) is 27.9 Å². The molecule has 0 radical (unpaired) electrons. The molecule has 0 bridgehead atoms. The molecule has 3 aromatic rings. The molecule has 2 aromatic heterocycles. The molecule has 0 aliphatic rings. The maximum atomic E-state index is 12.0. The van der Waals surface area contributed by atoms with Crippen LogP contribution in [0.3, 0.4) is 0 Å². The normalized spacial score (nSPS) is 11.8. The molecule has 2 heterocycles. The van der Waals surface area contributed by atoms with Crippen molar-refractivity contribution in [1.29, 1.82) is 0 Å². The Morgan fingerprint density at radius 3 is 2.91 bits per heavy atom. The van der Waals surface area contributed by atoms with Crippen LogP contribution in [0.4, 0.5) is 0 Å². The van der Waals surface area contributed by atoms with Crippen LogP contribution in [0, 0.1) is 6.92 Å². The fourth-order valence-electron chi connectivity index (χ4n) is 2.16. The smallest absolute Gasteiger partial charge is 0.260 e. The lowest BCUT2D eigenvalue weighted by Gasteiger charge is -2.04. The summed E-state index contributed by atoms with van der Waals surface area (Å²) < 4.78 is 1.81. The zero-order chi connectivity index (χ0) is 15.5. The average Bonchev–Trinajstić information content (AvgIpc) is 3.12. The number of para-hydroxylation sites is 2. The van der Waals surface area contributed by atoms with Gasteiger partial charge in [-0.15, -0.1) is 11.3 Å². The summed E-state index contributed by atoms with van der Waals surface area (Å²) in [5.74, 6) is -0.171. The van der Waals surface area contributed by atoms with Crippen LogP contribution in [0.25, 0.3) is 11.0 Å². The number of aryl methyl sites for hydroxylation is 1. The quantitative estimate of drug-likeness (QED) is 0.595. The minimum absolute atomic E-state index is 0.171. The van der Waals surface area contributed by atoms with E-state index in [0.717, 1.165) is 21.6 Å². The lowest BCUT2D eigenvalue weighted by molar-refractivity contribution is -0.121. The van der Waals surface area contributed by atoms with Crippen molar-refractivity contribution < 1.29 is 4.79 Å². The van der Waals surface area contributed by atoms with Gasteiger partial charge in [-0.3, -0.25) is 4.79 Å². The molecule has 1 amide bonds. The van der Waals surface area contributed by atoms with Crippen molar-refractivity contribution in [2.45, 2.75) is 20.4 Å². The Balaban J connectivity index is 1.68. The molecule has 0 atom stereocenters. The van der Waals surface area contributed by atoms with Gasteiger partial charge in [-0.25, -0.2) is 10.4 Å². The van der Waals surface area contributed by atoms with Crippen molar-refractivity contribution in [3.63, 3.8) is 0 Å². The Morgan fingerprint density at radius 1 is 1.32 bits per heavy atom. The molecule has 0 saturated carbocycles. The Labute approximate surface area is 132 Å². The van der Waals surface area contributed by atoms with Crippen molar-refractivity contribution >= 4 is 34.0 Å². The topological polar surface area (TPSA) is 59.3 Å². The summed E-state index contributed by atoms with van der Waals surface area (Å²) in [5.41, 5.74) is 5.22. The average molecular weight is 312 g/mol. The van der Waals surface area contributed by atoms with Gasteiger partial charge in [0.25, 0.3) is 5.91 Å². The number of amides is 1. The Bertz CT molecular complexity index is 847. The number of hydrogen-bond donors (Lipinski definition) is 1. The van der Waals surface area contributed by atoms with Gasteiger partial charge in [0, 0.05) is 4.88 Å². The van der Waals surface area contributed by atoms with E-state index < -0.39 is 0 Å². The number of hydrogen-bond acceptors (Lipinski definition) is 4. The maximum Gasteiger partial charge on any atom is 0.260 e. The van der Waals surface area contributed by atoms with Gasteiger partial charge in [0.1, 0.15) is 6.54 Å². The van der Waals surface area contributed by atoms with Crippen molar-refractivity contribution in [2.75, 3.05) is 0 Å². The number of hydrazone groups is 1. The Kier molecular flexibility index (Phi) is 4.02. The fraction of sp³-hybridized carbons (Fsp3) is 0.188. The van der Waals surface area contributed by atoms with E-state index in [0.29, 0.717) is 0 Å². The molecule has 0 fully saturated rings. The summed E-state index contributed by atoms with van der Waals surface area (Å²) in [6.45, 7) is 4.13. The predicted octanol–water partition coefficient (Wildman–Crippen LogP) is 2.95. The summed E-state index contributed by atoms with van der Waals surface area (Å²) in [5, 5.41) is 4.16. The minimum Gasteiger partial charge on any atom is -0.321 e. The van der Waals surface area contributed by atoms with Crippen LogP contribution in [0.1, 0.15) is 16.7 Å². The number of nitrogens with one attached hydrogen (secondary N) is 1. The molecule has 0 saturated heterocycles. The molecule has 3 rings (SSSR count).